The second kappa shape index (κ2) is 9.02. The van der Waals surface area contributed by atoms with E-state index in [1.165, 1.54) is 6.07 Å². The first-order valence-corrected chi connectivity index (χ1v) is 8.22. The van der Waals surface area contributed by atoms with E-state index >= 15 is 0 Å². The molecule has 1 rings (SSSR count). The standard InChI is InChI=1S/C13H23N3O3S/c1-3-7-14-10-12-5-6-13(15-11-12)20(17,18)16-8-4-9-19-2/h5-6,11,14,16H,3-4,7-10H2,1-2H3. The minimum absolute atomic E-state index is 0.0501. The molecule has 7 heteroatoms. The molecule has 0 aliphatic heterocycles. The molecule has 0 unspecified atom stereocenters. The van der Waals surface area contributed by atoms with Gasteiger partial charge in [-0.3, -0.25) is 0 Å². The van der Waals surface area contributed by atoms with E-state index in [-0.39, 0.29) is 5.03 Å². The van der Waals surface area contributed by atoms with E-state index in [0.29, 0.717) is 26.1 Å². The molecule has 0 saturated carbocycles. The molecule has 0 aromatic carbocycles. The highest BCUT2D eigenvalue weighted by atomic mass is 32.2. The summed E-state index contributed by atoms with van der Waals surface area (Å²) in [7, 11) is -1.94. The maximum atomic E-state index is 11.9. The van der Waals surface area contributed by atoms with Gasteiger partial charge in [-0.1, -0.05) is 13.0 Å². The van der Waals surface area contributed by atoms with Crippen LogP contribution in [0.5, 0.6) is 0 Å². The summed E-state index contributed by atoms with van der Waals surface area (Å²) < 4.78 is 31.2. The lowest BCUT2D eigenvalue weighted by molar-refractivity contribution is 0.196. The summed E-state index contributed by atoms with van der Waals surface area (Å²) >= 11 is 0. The van der Waals surface area contributed by atoms with E-state index in [1.54, 1.807) is 19.4 Å². The highest BCUT2D eigenvalue weighted by Crippen LogP contribution is 2.06. The number of methoxy groups -OCH3 is 1. The van der Waals surface area contributed by atoms with Gasteiger partial charge >= 0.3 is 0 Å². The summed E-state index contributed by atoms with van der Waals surface area (Å²) in [6.45, 7) is 4.59. The van der Waals surface area contributed by atoms with Crippen LogP contribution in [0.2, 0.25) is 0 Å². The predicted molar refractivity (Wildman–Crippen MR) is 77.9 cm³/mol. The number of nitrogens with zero attached hydrogens (tertiary/aromatic N) is 1. The van der Waals surface area contributed by atoms with Crippen LogP contribution in [0.1, 0.15) is 25.3 Å². The highest BCUT2D eigenvalue weighted by molar-refractivity contribution is 7.89. The Morgan fingerprint density at radius 1 is 1.30 bits per heavy atom. The summed E-state index contributed by atoms with van der Waals surface area (Å²) in [5.41, 5.74) is 0.969. The summed E-state index contributed by atoms with van der Waals surface area (Å²) in [5.74, 6) is 0. The van der Waals surface area contributed by atoms with Crippen LogP contribution in [0.25, 0.3) is 0 Å². The third-order valence-corrected chi connectivity index (χ3v) is 4.02. The molecule has 114 valence electrons. The zero-order chi connectivity index (χ0) is 14.8. The summed E-state index contributed by atoms with van der Waals surface area (Å²) in [6, 6.07) is 3.31. The lowest BCUT2D eigenvalue weighted by Gasteiger charge is -2.07. The first kappa shape index (κ1) is 17.0. The second-order valence-corrected chi connectivity index (χ2v) is 6.14. The topological polar surface area (TPSA) is 80.3 Å². The Kier molecular flexibility index (Phi) is 7.68. The van der Waals surface area contributed by atoms with Crippen LogP contribution in [-0.2, 0) is 21.3 Å². The monoisotopic (exact) mass is 301 g/mol. The zero-order valence-corrected chi connectivity index (χ0v) is 12.9. The average molecular weight is 301 g/mol. The van der Waals surface area contributed by atoms with E-state index < -0.39 is 10.0 Å². The third-order valence-electron chi connectivity index (χ3n) is 2.65. The normalized spacial score (nSPS) is 11.7. The molecular weight excluding hydrogens is 278 g/mol. The van der Waals surface area contributed by atoms with Gasteiger partial charge in [-0.05, 0) is 31.0 Å². The molecule has 0 aliphatic carbocycles. The largest absolute Gasteiger partial charge is 0.385 e. The predicted octanol–water partition coefficient (Wildman–Crippen LogP) is 0.896. The van der Waals surface area contributed by atoms with Gasteiger partial charge in [0.05, 0.1) is 0 Å². The fourth-order valence-corrected chi connectivity index (χ4v) is 2.58. The summed E-state index contributed by atoms with van der Waals surface area (Å²) in [4.78, 5) is 4.01. The maximum absolute atomic E-state index is 11.9. The molecule has 2 N–H and O–H groups in total. The van der Waals surface area contributed by atoms with Crippen molar-refractivity contribution in [3.8, 4) is 0 Å². The van der Waals surface area contributed by atoms with E-state index in [1.807, 2.05) is 0 Å². The van der Waals surface area contributed by atoms with E-state index in [2.05, 4.69) is 21.9 Å². The number of pyridine rings is 1. The van der Waals surface area contributed by atoms with Crippen molar-refractivity contribution in [3.63, 3.8) is 0 Å². The van der Waals surface area contributed by atoms with Gasteiger partial charge in [0.2, 0.25) is 0 Å². The third kappa shape index (κ3) is 5.96. The van der Waals surface area contributed by atoms with Gasteiger partial charge in [-0.2, -0.15) is 0 Å². The average Bonchev–Trinajstić information content (AvgIpc) is 2.45. The number of rotatable bonds is 10. The zero-order valence-electron chi connectivity index (χ0n) is 12.1. The van der Waals surface area contributed by atoms with Gasteiger partial charge < -0.3 is 10.1 Å². The molecule has 0 amide bonds. The van der Waals surface area contributed by atoms with Crippen molar-refractivity contribution >= 4 is 10.0 Å². The maximum Gasteiger partial charge on any atom is 0.258 e. The molecule has 0 saturated heterocycles. The molecule has 0 spiro atoms. The van der Waals surface area contributed by atoms with Crippen molar-refractivity contribution < 1.29 is 13.2 Å². The van der Waals surface area contributed by atoms with Crippen LogP contribution in [0, 0.1) is 0 Å². The minimum atomic E-state index is -3.52. The van der Waals surface area contributed by atoms with Gasteiger partial charge in [0.25, 0.3) is 10.0 Å². The molecule has 0 fully saturated rings. The van der Waals surface area contributed by atoms with Gasteiger partial charge in [0.15, 0.2) is 5.03 Å². The van der Waals surface area contributed by atoms with Crippen LogP contribution in [-0.4, -0.2) is 40.2 Å². The van der Waals surface area contributed by atoms with Crippen LogP contribution in [0.15, 0.2) is 23.4 Å². The fraction of sp³-hybridized carbons (Fsp3) is 0.615. The SMILES string of the molecule is CCCNCc1ccc(S(=O)(=O)NCCCOC)nc1. The number of sulfonamides is 1. The minimum Gasteiger partial charge on any atom is -0.385 e. The molecule has 0 radical (unpaired) electrons. The molecule has 0 bridgehead atoms. The van der Waals surface area contributed by atoms with Crippen molar-refractivity contribution in [2.45, 2.75) is 31.3 Å². The van der Waals surface area contributed by atoms with Gasteiger partial charge in [-0.25, -0.2) is 18.1 Å². The van der Waals surface area contributed by atoms with E-state index in [9.17, 15) is 8.42 Å². The lowest BCUT2D eigenvalue weighted by Crippen LogP contribution is -2.26. The lowest BCUT2D eigenvalue weighted by atomic mass is 10.3. The Bertz CT molecular complexity index is 474. The quantitative estimate of drug-likeness (QED) is 0.628. The van der Waals surface area contributed by atoms with E-state index in [4.69, 9.17) is 4.74 Å². The van der Waals surface area contributed by atoms with Crippen molar-refractivity contribution in [3.05, 3.63) is 23.9 Å². The Balaban J connectivity index is 2.53. The molecular formula is C13H23N3O3S. The molecule has 1 heterocycles. The van der Waals surface area contributed by atoms with E-state index in [0.717, 1.165) is 18.5 Å². The van der Waals surface area contributed by atoms with Crippen LogP contribution >= 0.6 is 0 Å². The molecule has 0 aliphatic rings. The molecule has 20 heavy (non-hydrogen) atoms. The van der Waals surface area contributed by atoms with Crippen molar-refractivity contribution in [1.29, 1.82) is 0 Å². The first-order chi connectivity index (χ1) is 9.60. The molecule has 1 aromatic rings. The Labute approximate surface area is 121 Å². The number of nitrogens with one attached hydrogen (secondary N) is 2. The summed E-state index contributed by atoms with van der Waals surface area (Å²) in [5, 5.41) is 3.29. The van der Waals surface area contributed by atoms with Gasteiger partial charge in [0, 0.05) is 33.0 Å². The summed E-state index contributed by atoms with van der Waals surface area (Å²) in [6.07, 6.45) is 3.28. The van der Waals surface area contributed by atoms with Crippen molar-refractivity contribution in [1.82, 2.24) is 15.0 Å². The number of hydrogen-bond donors (Lipinski definition) is 2. The highest BCUT2D eigenvalue weighted by Gasteiger charge is 2.14. The Morgan fingerprint density at radius 3 is 2.70 bits per heavy atom. The number of hydrogen-bond acceptors (Lipinski definition) is 5. The fourth-order valence-electron chi connectivity index (χ4n) is 1.58. The first-order valence-electron chi connectivity index (χ1n) is 6.74. The molecule has 0 atom stereocenters. The number of ether oxygens (including phenoxy) is 1. The smallest absolute Gasteiger partial charge is 0.258 e. The van der Waals surface area contributed by atoms with Gasteiger partial charge in [-0.15, -0.1) is 0 Å². The number of aromatic nitrogens is 1. The van der Waals surface area contributed by atoms with Crippen LogP contribution in [0.3, 0.4) is 0 Å². The van der Waals surface area contributed by atoms with Crippen molar-refractivity contribution in [2.24, 2.45) is 0 Å². The molecule has 1 aromatic heterocycles. The molecule has 6 nitrogen and oxygen atoms in total. The van der Waals surface area contributed by atoms with Crippen LogP contribution < -0.4 is 10.0 Å². The second-order valence-electron chi connectivity index (χ2n) is 4.43. The Hall–Kier alpha value is -1.02. The van der Waals surface area contributed by atoms with Crippen LogP contribution in [0.4, 0.5) is 0 Å². The van der Waals surface area contributed by atoms with Gasteiger partial charge in [0.1, 0.15) is 0 Å². The van der Waals surface area contributed by atoms with Crippen molar-refractivity contribution in [2.75, 3.05) is 26.8 Å². The Morgan fingerprint density at radius 2 is 2.10 bits per heavy atom.